The van der Waals surface area contributed by atoms with E-state index in [0.717, 1.165) is 38.5 Å². The molecule has 0 aromatic carbocycles. The van der Waals surface area contributed by atoms with Gasteiger partial charge in [-0.25, -0.2) is 0 Å². The Morgan fingerprint density at radius 3 is 1.17 bits per heavy atom. The molecule has 0 unspecified atom stereocenters. The summed E-state index contributed by atoms with van der Waals surface area (Å²) in [6.45, 7) is 13.4. The molecule has 0 saturated carbocycles. The van der Waals surface area contributed by atoms with Gasteiger partial charge in [0.25, 0.3) is 0 Å². The fraction of sp³-hybridized carbons (Fsp3) is 0.667. The maximum Gasteiger partial charge on any atom is 0.00922 e. The van der Waals surface area contributed by atoms with Gasteiger partial charge in [-0.05, 0) is 49.7 Å². The van der Waals surface area contributed by atoms with Crippen molar-refractivity contribution >= 4 is 0 Å². The summed E-state index contributed by atoms with van der Waals surface area (Å²) < 4.78 is 0. The zero-order chi connectivity index (χ0) is 18.2. The van der Waals surface area contributed by atoms with Crippen molar-refractivity contribution in [1.29, 1.82) is 0 Å². The van der Waals surface area contributed by atoms with Crippen LogP contribution in [0.1, 0.15) is 106 Å². The molecule has 0 heterocycles. The zero-order valence-corrected chi connectivity index (χ0v) is 17.1. The third-order valence-corrected chi connectivity index (χ3v) is 4.30. The Bertz CT molecular complexity index is 470. The molecular weight excluding hydrogens is 288 g/mol. The minimum atomic E-state index is 1.01. The monoisotopic (exact) mass is 326 g/mol. The molecule has 0 aromatic heterocycles. The lowest BCUT2D eigenvalue weighted by atomic mass is 9.89. The van der Waals surface area contributed by atoms with E-state index in [1.807, 2.05) is 0 Å². The molecular formula is C24H38. The van der Waals surface area contributed by atoms with Gasteiger partial charge < -0.3 is 0 Å². The lowest BCUT2D eigenvalue weighted by Crippen LogP contribution is -1.98. The quantitative estimate of drug-likeness (QED) is 0.232. The predicted octanol–water partition coefficient (Wildman–Crippen LogP) is 7.61. The van der Waals surface area contributed by atoms with E-state index in [1.54, 1.807) is 0 Å². The summed E-state index contributed by atoms with van der Waals surface area (Å²) in [5.74, 6) is 13.7. The number of hydrogen-bond donors (Lipinski definition) is 0. The highest BCUT2D eigenvalue weighted by Crippen LogP contribution is 2.27. The van der Waals surface area contributed by atoms with Crippen molar-refractivity contribution in [3.8, 4) is 23.7 Å². The van der Waals surface area contributed by atoms with E-state index >= 15 is 0 Å². The van der Waals surface area contributed by atoms with Gasteiger partial charge in [-0.1, -0.05) is 78.1 Å². The standard InChI is InChI=1S/C24H38/c1-7-13-15-17-19-21(9-3)23(11-5)24(12-6)22(10-4)20-18-16-14-8-2/h7-16H2,1-6H3/b23-21-,24-22-. The molecule has 0 N–H and O–H groups in total. The Kier molecular flexibility index (Phi) is 14.3. The van der Waals surface area contributed by atoms with Crippen LogP contribution >= 0.6 is 0 Å². The summed E-state index contributed by atoms with van der Waals surface area (Å²) >= 11 is 0. The van der Waals surface area contributed by atoms with Crippen LogP contribution in [-0.4, -0.2) is 0 Å². The first kappa shape index (κ1) is 22.6. The van der Waals surface area contributed by atoms with Crippen LogP contribution in [0.5, 0.6) is 0 Å². The average molecular weight is 327 g/mol. The highest BCUT2D eigenvalue weighted by molar-refractivity contribution is 5.50. The van der Waals surface area contributed by atoms with Crippen LogP contribution in [0.2, 0.25) is 0 Å². The van der Waals surface area contributed by atoms with Gasteiger partial charge >= 0.3 is 0 Å². The lowest BCUT2D eigenvalue weighted by molar-refractivity contribution is 0.827. The van der Waals surface area contributed by atoms with Gasteiger partial charge in [-0.3, -0.25) is 0 Å². The van der Waals surface area contributed by atoms with Gasteiger partial charge in [-0.2, -0.15) is 0 Å². The third-order valence-electron chi connectivity index (χ3n) is 4.30. The molecule has 0 rings (SSSR count). The molecule has 0 aliphatic carbocycles. The Labute approximate surface area is 152 Å². The zero-order valence-electron chi connectivity index (χ0n) is 17.1. The SMILES string of the molecule is CCCCC#C/C(CC)=C(CC)\C(CC)=C(/C#CCCCC)CC. The van der Waals surface area contributed by atoms with Gasteiger partial charge in [0.05, 0.1) is 0 Å². The molecule has 0 saturated heterocycles. The summed E-state index contributed by atoms with van der Waals surface area (Å²) in [6, 6.07) is 0. The van der Waals surface area contributed by atoms with E-state index in [9.17, 15) is 0 Å². The van der Waals surface area contributed by atoms with E-state index in [-0.39, 0.29) is 0 Å². The number of allylic oxidation sites excluding steroid dienone is 4. The molecule has 0 nitrogen and oxygen atoms in total. The number of rotatable bonds is 9. The molecule has 0 spiro atoms. The molecule has 0 aliphatic heterocycles. The Morgan fingerprint density at radius 2 is 0.917 bits per heavy atom. The second-order valence-corrected chi connectivity index (χ2v) is 6.14. The van der Waals surface area contributed by atoms with Crippen LogP contribution < -0.4 is 0 Å². The summed E-state index contributed by atoms with van der Waals surface area (Å²) in [5.41, 5.74) is 5.55. The fourth-order valence-corrected chi connectivity index (χ4v) is 2.84. The number of hydrogen-bond acceptors (Lipinski definition) is 0. The first-order valence-corrected chi connectivity index (χ1v) is 10.1. The fourth-order valence-electron chi connectivity index (χ4n) is 2.84. The first-order valence-electron chi connectivity index (χ1n) is 10.1. The maximum absolute atomic E-state index is 3.47. The van der Waals surface area contributed by atoms with Crippen molar-refractivity contribution in [2.24, 2.45) is 0 Å². The van der Waals surface area contributed by atoms with Crippen molar-refractivity contribution < 1.29 is 0 Å². The van der Waals surface area contributed by atoms with E-state index in [2.05, 4.69) is 65.2 Å². The Balaban J connectivity index is 5.75. The molecule has 0 aromatic rings. The molecule has 134 valence electrons. The van der Waals surface area contributed by atoms with Crippen molar-refractivity contribution in [1.82, 2.24) is 0 Å². The van der Waals surface area contributed by atoms with Crippen LogP contribution in [0, 0.1) is 23.7 Å². The Morgan fingerprint density at radius 1 is 0.542 bits per heavy atom. The van der Waals surface area contributed by atoms with Crippen molar-refractivity contribution in [3.63, 3.8) is 0 Å². The predicted molar refractivity (Wildman–Crippen MR) is 110 cm³/mol. The summed E-state index contributed by atoms with van der Waals surface area (Å²) in [6.07, 6.45) is 11.0. The second kappa shape index (κ2) is 15.1. The molecule has 24 heavy (non-hydrogen) atoms. The molecule has 0 amide bonds. The molecule has 0 atom stereocenters. The highest BCUT2D eigenvalue weighted by Gasteiger charge is 2.10. The highest BCUT2D eigenvalue weighted by atomic mass is 14.1. The van der Waals surface area contributed by atoms with E-state index in [0.29, 0.717) is 0 Å². The smallest absolute Gasteiger partial charge is 0.00922 e. The van der Waals surface area contributed by atoms with Gasteiger partial charge in [0, 0.05) is 24.0 Å². The van der Waals surface area contributed by atoms with E-state index in [4.69, 9.17) is 0 Å². The van der Waals surface area contributed by atoms with Gasteiger partial charge in [0.15, 0.2) is 0 Å². The largest absolute Gasteiger partial charge is 0.0982 e. The topological polar surface area (TPSA) is 0 Å². The van der Waals surface area contributed by atoms with Crippen molar-refractivity contribution in [3.05, 3.63) is 22.3 Å². The minimum absolute atomic E-state index is 1.01. The average Bonchev–Trinajstić information content (AvgIpc) is 2.61. The van der Waals surface area contributed by atoms with E-state index in [1.165, 1.54) is 48.0 Å². The van der Waals surface area contributed by atoms with Crippen LogP contribution in [0.4, 0.5) is 0 Å². The summed E-state index contributed by atoms with van der Waals surface area (Å²) in [5, 5.41) is 0. The summed E-state index contributed by atoms with van der Waals surface area (Å²) in [7, 11) is 0. The van der Waals surface area contributed by atoms with Gasteiger partial charge in [0.2, 0.25) is 0 Å². The lowest BCUT2D eigenvalue weighted by Gasteiger charge is -2.14. The normalized spacial score (nSPS) is 12.4. The van der Waals surface area contributed by atoms with Gasteiger partial charge in [0.1, 0.15) is 0 Å². The van der Waals surface area contributed by atoms with E-state index < -0.39 is 0 Å². The van der Waals surface area contributed by atoms with Gasteiger partial charge in [-0.15, -0.1) is 0 Å². The molecule has 0 heteroatoms. The van der Waals surface area contributed by atoms with Crippen LogP contribution in [0.3, 0.4) is 0 Å². The number of unbranched alkanes of at least 4 members (excludes halogenated alkanes) is 4. The van der Waals surface area contributed by atoms with Crippen LogP contribution in [0.15, 0.2) is 22.3 Å². The first-order chi connectivity index (χ1) is 11.7. The molecule has 0 aliphatic rings. The Hall–Kier alpha value is -1.40. The second-order valence-electron chi connectivity index (χ2n) is 6.14. The van der Waals surface area contributed by atoms with Crippen molar-refractivity contribution in [2.75, 3.05) is 0 Å². The summed E-state index contributed by atoms with van der Waals surface area (Å²) in [4.78, 5) is 0. The molecule has 0 fully saturated rings. The maximum atomic E-state index is 3.47. The minimum Gasteiger partial charge on any atom is -0.0982 e. The van der Waals surface area contributed by atoms with Crippen LogP contribution in [-0.2, 0) is 0 Å². The van der Waals surface area contributed by atoms with Crippen molar-refractivity contribution in [2.45, 2.75) is 106 Å². The molecule has 0 bridgehead atoms. The third kappa shape index (κ3) is 8.45. The molecule has 0 radical (unpaired) electrons. The van der Waals surface area contributed by atoms with Crippen LogP contribution in [0.25, 0.3) is 0 Å².